The van der Waals surface area contributed by atoms with E-state index < -0.39 is 22.1 Å². The number of methoxy groups -OCH3 is 2. The highest BCUT2D eigenvalue weighted by Gasteiger charge is 2.20. The first-order valence-electron chi connectivity index (χ1n) is 8.45. The number of urea groups is 1. The second kappa shape index (κ2) is 9.26. The molecule has 0 atom stereocenters. The normalized spacial score (nSPS) is 10.7. The average Bonchev–Trinajstić information content (AvgIpc) is 2.67. The maximum atomic E-state index is 12.4. The number of nitrogens with zero attached hydrogens (tertiary/aromatic N) is 3. The van der Waals surface area contributed by atoms with E-state index in [0.717, 1.165) is 5.56 Å². The SMILES string of the molecule is COc1cc(OC)nc(NC(=O)NS(=O)(=O)Nc2ccc(C)cc2C(=O)N(C)C)n1. The molecule has 0 aliphatic carbocycles. The Hall–Kier alpha value is -3.61. The van der Waals surface area contributed by atoms with Crippen molar-refractivity contribution in [2.45, 2.75) is 6.92 Å². The number of anilines is 2. The first kappa shape index (κ1) is 22.7. The Balaban J connectivity index is 2.18. The van der Waals surface area contributed by atoms with Crippen molar-refractivity contribution in [2.75, 3.05) is 38.4 Å². The third kappa shape index (κ3) is 5.94. The van der Waals surface area contributed by atoms with E-state index in [0.29, 0.717) is 0 Å². The summed E-state index contributed by atoms with van der Waals surface area (Å²) in [6.45, 7) is 1.76. The zero-order valence-electron chi connectivity index (χ0n) is 17.0. The number of carbonyl (C=O) groups excluding carboxylic acids is 2. The molecule has 1 heterocycles. The molecule has 30 heavy (non-hydrogen) atoms. The molecular weight excluding hydrogens is 416 g/mol. The standard InChI is InChI=1S/C17H22N6O6S/c1-10-6-7-12(11(8-10)15(24)23(2)3)21-30(26,27)22-17(25)20-16-18-13(28-4)9-14(19-16)29-5/h6-9,21H,1-5H3,(H2,18,19,20,22,25). The van der Waals surface area contributed by atoms with E-state index in [1.54, 1.807) is 17.7 Å². The number of aryl methyl sites for hydroxylation is 1. The number of ether oxygens (including phenoxy) is 2. The number of hydrogen-bond acceptors (Lipinski definition) is 8. The fourth-order valence-corrected chi connectivity index (χ4v) is 3.07. The van der Waals surface area contributed by atoms with Crippen LogP contribution >= 0.6 is 0 Å². The summed E-state index contributed by atoms with van der Waals surface area (Å²) in [5.74, 6) is -0.440. The van der Waals surface area contributed by atoms with Crippen molar-refractivity contribution in [1.29, 1.82) is 0 Å². The zero-order chi connectivity index (χ0) is 22.5. The van der Waals surface area contributed by atoms with Crippen molar-refractivity contribution in [3.05, 3.63) is 35.4 Å². The van der Waals surface area contributed by atoms with E-state index in [2.05, 4.69) is 20.0 Å². The summed E-state index contributed by atoms with van der Waals surface area (Å²) in [7, 11) is 1.41. The van der Waals surface area contributed by atoms with E-state index in [1.807, 2.05) is 0 Å². The van der Waals surface area contributed by atoms with Crippen molar-refractivity contribution >= 4 is 33.8 Å². The molecule has 2 aromatic rings. The lowest BCUT2D eigenvalue weighted by atomic mass is 10.1. The maximum absolute atomic E-state index is 12.4. The van der Waals surface area contributed by atoms with Gasteiger partial charge < -0.3 is 14.4 Å². The van der Waals surface area contributed by atoms with Crippen LogP contribution in [-0.4, -0.2) is 63.5 Å². The summed E-state index contributed by atoms with van der Waals surface area (Å²) in [5, 5.41) is 2.17. The van der Waals surface area contributed by atoms with Crippen molar-refractivity contribution in [2.24, 2.45) is 0 Å². The van der Waals surface area contributed by atoms with Gasteiger partial charge in [-0.1, -0.05) is 11.6 Å². The first-order chi connectivity index (χ1) is 14.0. The van der Waals surface area contributed by atoms with Crippen LogP contribution in [0.2, 0.25) is 0 Å². The number of benzene rings is 1. The van der Waals surface area contributed by atoms with Gasteiger partial charge in [0.25, 0.3) is 5.91 Å². The lowest BCUT2D eigenvalue weighted by molar-refractivity contribution is 0.0828. The highest BCUT2D eigenvalue weighted by molar-refractivity contribution is 7.91. The van der Waals surface area contributed by atoms with Gasteiger partial charge in [-0.25, -0.2) is 9.52 Å². The minimum atomic E-state index is -4.38. The Morgan fingerprint density at radius 3 is 2.17 bits per heavy atom. The lowest BCUT2D eigenvalue weighted by Crippen LogP contribution is -2.39. The van der Waals surface area contributed by atoms with Crippen LogP contribution in [0.15, 0.2) is 24.3 Å². The Kier molecular flexibility index (Phi) is 7.00. The Bertz CT molecular complexity index is 1030. The number of rotatable bonds is 7. The van der Waals surface area contributed by atoms with Gasteiger partial charge in [0.1, 0.15) is 0 Å². The monoisotopic (exact) mass is 438 g/mol. The minimum Gasteiger partial charge on any atom is -0.481 e. The van der Waals surface area contributed by atoms with E-state index in [-0.39, 0.29) is 29.0 Å². The summed E-state index contributed by atoms with van der Waals surface area (Å²) < 4.78 is 38.6. The van der Waals surface area contributed by atoms with E-state index in [4.69, 9.17) is 9.47 Å². The molecule has 3 amide bonds. The first-order valence-corrected chi connectivity index (χ1v) is 9.94. The van der Waals surface area contributed by atoms with Gasteiger partial charge in [-0.05, 0) is 19.1 Å². The van der Waals surface area contributed by atoms with E-state index in [9.17, 15) is 18.0 Å². The quantitative estimate of drug-likeness (QED) is 0.579. The third-order valence-corrected chi connectivity index (χ3v) is 4.55. The number of amides is 3. The van der Waals surface area contributed by atoms with Crippen LogP contribution < -0.4 is 24.2 Å². The highest BCUT2D eigenvalue weighted by Crippen LogP contribution is 2.20. The highest BCUT2D eigenvalue weighted by atomic mass is 32.2. The van der Waals surface area contributed by atoms with Gasteiger partial charge in [0.05, 0.1) is 31.5 Å². The van der Waals surface area contributed by atoms with Crippen molar-refractivity contribution < 1.29 is 27.5 Å². The second-order valence-electron chi connectivity index (χ2n) is 6.19. The molecule has 1 aromatic heterocycles. The predicted octanol–water partition coefficient (Wildman–Crippen LogP) is 0.982. The van der Waals surface area contributed by atoms with Gasteiger partial charge in [0.2, 0.25) is 17.7 Å². The molecule has 2 rings (SSSR count). The van der Waals surface area contributed by atoms with Gasteiger partial charge in [-0.3, -0.25) is 14.8 Å². The summed E-state index contributed by atoms with van der Waals surface area (Å²) in [4.78, 5) is 33.5. The van der Waals surface area contributed by atoms with Gasteiger partial charge in [0, 0.05) is 14.1 Å². The summed E-state index contributed by atoms with van der Waals surface area (Å²) >= 11 is 0. The van der Waals surface area contributed by atoms with Crippen LogP contribution in [0.1, 0.15) is 15.9 Å². The smallest absolute Gasteiger partial charge is 0.336 e. The Labute approximate surface area is 173 Å². The van der Waals surface area contributed by atoms with E-state index >= 15 is 0 Å². The van der Waals surface area contributed by atoms with E-state index in [1.165, 1.54) is 51.4 Å². The van der Waals surface area contributed by atoms with Crippen LogP contribution in [0.3, 0.4) is 0 Å². The summed E-state index contributed by atoms with van der Waals surface area (Å²) in [6, 6.07) is 4.84. The van der Waals surface area contributed by atoms with Crippen LogP contribution in [0.25, 0.3) is 0 Å². The molecule has 13 heteroatoms. The molecule has 0 saturated heterocycles. The fourth-order valence-electron chi connectivity index (χ4n) is 2.25. The van der Waals surface area contributed by atoms with Crippen LogP contribution in [0.5, 0.6) is 11.8 Å². The number of hydrogen-bond donors (Lipinski definition) is 3. The molecule has 0 aliphatic heterocycles. The average molecular weight is 438 g/mol. The molecule has 0 fully saturated rings. The molecular formula is C17H22N6O6S. The number of carbonyl (C=O) groups is 2. The second-order valence-corrected chi connectivity index (χ2v) is 7.60. The molecule has 0 bridgehead atoms. The van der Waals surface area contributed by atoms with Crippen LogP contribution in [0, 0.1) is 6.92 Å². The maximum Gasteiger partial charge on any atom is 0.336 e. The molecule has 1 aromatic carbocycles. The summed E-state index contributed by atoms with van der Waals surface area (Å²) in [5.41, 5.74) is 0.906. The molecule has 3 N–H and O–H groups in total. The largest absolute Gasteiger partial charge is 0.481 e. The summed E-state index contributed by atoms with van der Waals surface area (Å²) in [6.07, 6.45) is 0. The zero-order valence-corrected chi connectivity index (χ0v) is 17.8. The molecule has 162 valence electrons. The minimum absolute atomic E-state index is 0.0129. The van der Waals surface area contributed by atoms with Crippen LogP contribution in [-0.2, 0) is 10.2 Å². The van der Waals surface area contributed by atoms with Crippen LogP contribution in [0.4, 0.5) is 16.4 Å². The van der Waals surface area contributed by atoms with Gasteiger partial charge in [-0.15, -0.1) is 0 Å². The lowest BCUT2D eigenvalue weighted by Gasteiger charge is -2.16. The third-order valence-electron chi connectivity index (χ3n) is 3.61. The number of nitrogens with one attached hydrogen (secondary N) is 3. The topological polar surface area (TPSA) is 152 Å². The Morgan fingerprint density at radius 1 is 1.03 bits per heavy atom. The molecule has 0 saturated carbocycles. The fraction of sp³-hybridized carbons (Fsp3) is 0.294. The van der Waals surface area contributed by atoms with Gasteiger partial charge in [-0.2, -0.15) is 18.4 Å². The molecule has 0 unspecified atom stereocenters. The molecule has 0 aliphatic rings. The number of aromatic nitrogens is 2. The van der Waals surface area contributed by atoms with Crippen molar-refractivity contribution in [1.82, 2.24) is 19.6 Å². The molecule has 0 radical (unpaired) electrons. The molecule has 12 nitrogen and oxygen atoms in total. The predicted molar refractivity (Wildman–Crippen MR) is 109 cm³/mol. The van der Waals surface area contributed by atoms with Crippen molar-refractivity contribution in [3.8, 4) is 11.8 Å². The van der Waals surface area contributed by atoms with Crippen molar-refractivity contribution in [3.63, 3.8) is 0 Å². The Morgan fingerprint density at radius 2 is 1.63 bits per heavy atom. The van der Waals surface area contributed by atoms with Gasteiger partial charge >= 0.3 is 16.2 Å². The molecule has 0 spiro atoms. The van der Waals surface area contributed by atoms with Gasteiger partial charge in [0.15, 0.2) is 0 Å².